The van der Waals surface area contributed by atoms with Gasteiger partial charge in [0.25, 0.3) is 5.91 Å². The van der Waals surface area contributed by atoms with E-state index in [4.69, 9.17) is 0 Å². The van der Waals surface area contributed by atoms with Gasteiger partial charge in [0.2, 0.25) is 0 Å². The normalized spacial score (nSPS) is 29.9. The number of rotatable bonds is 3. The highest BCUT2D eigenvalue weighted by atomic mass is 32.2. The zero-order valence-electron chi connectivity index (χ0n) is 16.2. The van der Waals surface area contributed by atoms with Crippen LogP contribution in [0.2, 0.25) is 0 Å². The number of aliphatic hydroxyl groups excluding tert-OH is 1. The summed E-state index contributed by atoms with van der Waals surface area (Å²) in [6.07, 6.45) is 0.612. The van der Waals surface area contributed by atoms with Crippen LogP contribution in [0.5, 0.6) is 0 Å². The lowest BCUT2D eigenvalue weighted by atomic mass is 9.80. The molecule has 160 valence electrons. The Kier molecular flexibility index (Phi) is 4.91. The zero-order chi connectivity index (χ0) is 21.7. The van der Waals surface area contributed by atoms with E-state index in [0.717, 1.165) is 18.3 Å². The maximum absolute atomic E-state index is 14.7. The van der Waals surface area contributed by atoms with Gasteiger partial charge in [-0.2, -0.15) is 0 Å². The molecule has 2 aliphatic rings. The lowest BCUT2D eigenvalue weighted by Crippen LogP contribution is -2.68. The molecule has 1 spiro atoms. The van der Waals surface area contributed by atoms with Crippen molar-refractivity contribution in [1.82, 2.24) is 10.3 Å². The molecule has 4 rings (SSSR count). The van der Waals surface area contributed by atoms with Crippen molar-refractivity contribution in [1.29, 1.82) is 0 Å². The molecule has 1 aliphatic carbocycles. The molecule has 1 amide bonds. The Morgan fingerprint density at radius 1 is 1.27 bits per heavy atom. The van der Waals surface area contributed by atoms with Crippen molar-refractivity contribution < 1.29 is 27.1 Å². The van der Waals surface area contributed by atoms with Gasteiger partial charge in [-0.25, -0.2) is 22.2 Å². The molecule has 1 aromatic carbocycles. The number of hydrogen-bond acceptors (Lipinski definition) is 6. The van der Waals surface area contributed by atoms with Gasteiger partial charge in [-0.15, -0.1) is 0 Å². The van der Waals surface area contributed by atoms with Crippen LogP contribution in [-0.4, -0.2) is 47.6 Å². The van der Waals surface area contributed by atoms with Crippen LogP contribution in [0.4, 0.5) is 14.5 Å². The molecule has 1 unspecified atom stereocenters. The first-order valence-electron chi connectivity index (χ1n) is 9.42. The summed E-state index contributed by atoms with van der Waals surface area (Å²) in [4.78, 5) is 16.0. The molecule has 1 aromatic heterocycles. The van der Waals surface area contributed by atoms with Crippen LogP contribution in [0.3, 0.4) is 0 Å². The standard InChI is InChI=1S/C20H21F2N3O4S/c1-19(11-30(28,29)20(10-24-19)7-14(26)8-20)15-6-13(3-4-16(15)22)25-18(27)17-5-2-12(21)9-23-17/h2-6,9,14,24,26H,7-8,10-11H2,1H3,(H,25,27). The van der Waals surface area contributed by atoms with E-state index >= 15 is 0 Å². The monoisotopic (exact) mass is 437 g/mol. The van der Waals surface area contributed by atoms with E-state index < -0.39 is 43.8 Å². The number of carbonyl (C=O) groups excluding carboxylic acids is 1. The molecule has 10 heteroatoms. The third-order valence-corrected chi connectivity index (χ3v) is 8.69. The molecular weight excluding hydrogens is 416 g/mol. The average Bonchev–Trinajstić information content (AvgIpc) is 2.65. The highest BCUT2D eigenvalue weighted by Gasteiger charge is 2.58. The third-order valence-electron chi connectivity index (χ3n) is 5.93. The Balaban J connectivity index is 1.59. The Hall–Kier alpha value is -2.43. The Labute approximate surface area is 172 Å². The minimum absolute atomic E-state index is 0.0164. The Morgan fingerprint density at radius 3 is 2.60 bits per heavy atom. The largest absolute Gasteiger partial charge is 0.393 e. The van der Waals surface area contributed by atoms with Gasteiger partial charge in [0.05, 0.1) is 28.3 Å². The van der Waals surface area contributed by atoms with Crippen LogP contribution in [0, 0.1) is 11.6 Å². The fourth-order valence-electron chi connectivity index (χ4n) is 4.15. The molecule has 0 radical (unpaired) electrons. The number of aromatic nitrogens is 1. The third kappa shape index (κ3) is 3.48. The number of hydrogen-bond donors (Lipinski definition) is 3. The van der Waals surface area contributed by atoms with E-state index in [1.807, 2.05) is 0 Å². The summed E-state index contributed by atoms with van der Waals surface area (Å²) in [7, 11) is -3.60. The van der Waals surface area contributed by atoms with Crippen molar-refractivity contribution in [2.45, 2.75) is 36.2 Å². The van der Waals surface area contributed by atoms with Gasteiger partial charge in [-0.1, -0.05) is 0 Å². The summed E-state index contributed by atoms with van der Waals surface area (Å²) in [5, 5.41) is 15.3. The number of nitrogens with one attached hydrogen (secondary N) is 2. The van der Waals surface area contributed by atoms with Crippen molar-refractivity contribution in [2.24, 2.45) is 0 Å². The highest BCUT2D eigenvalue weighted by molar-refractivity contribution is 7.93. The Morgan fingerprint density at radius 2 is 2.00 bits per heavy atom. The SMILES string of the molecule is CC1(c2cc(NC(=O)c3ccc(F)cn3)ccc2F)CS(=O)(=O)C2(CN1)CC(O)C2. The first kappa shape index (κ1) is 20.8. The van der Waals surface area contributed by atoms with Crippen molar-refractivity contribution in [2.75, 3.05) is 17.6 Å². The molecule has 0 bridgehead atoms. The van der Waals surface area contributed by atoms with E-state index in [2.05, 4.69) is 15.6 Å². The van der Waals surface area contributed by atoms with Crippen molar-refractivity contribution >= 4 is 21.4 Å². The summed E-state index contributed by atoms with van der Waals surface area (Å²) in [5.41, 5.74) is -0.867. The van der Waals surface area contributed by atoms with Gasteiger partial charge >= 0.3 is 0 Å². The number of nitrogens with zero attached hydrogens (tertiary/aromatic N) is 1. The lowest BCUT2D eigenvalue weighted by molar-refractivity contribution is 0.0493. The zero-order valence-corrected chi connectivity index (χ0v) is 17.0. The van der Waals surface area contributed by atoms with Gasteiger partial charge < -0.3 is 15.7 Å². The van der Waals surface area contributed by atoms with Gasteiger partial charge in [0.1, 0.15) is 17.3 Å². The molecule has 3 N–H and O–H groups in total. The molecule has 1 saturated carbocycles. The van der Waals surface area contributed by atoms with Crippen LogP contribution < -0.4 is 10.6 Å². The summed E-state index contributed by atoms with van der Waals surface area (Å²) in [5.74, 6) is -2.13. The molecule has 7 nitrogen and oxygen atoms in total. The molecule has 30 heavy (non-hydrogen) atoms. The van der Waals surface area contributed by atoms with E-state index in [-0.39, 0.29) is 42.1 Å². The summed E-state index contributed by atoms with van der Waals surface area (Å²) < 4.78 is 52.5. The molecule has 2 aromatic rings. The second-order valence-corrected chi connectivity index (χ2v) is 10.6. The minimum atomic E-state index is -3.60. The fraction of sp³-hybridized carbons (Fsp3) is 0.400. The van der Waals surface area contributed by atoms with Crippen molar-refractivity contribution in [3.05, 3.63) is 59.4 Å². The van der Waals surface area contributed by atoms with Gasteiger partial charge in [0, 0.05) is 17.8 Å². The van der Waals surface area contributed by atoms with E-state index in [9.17, 15) is 27.1 Å². The fourth-order valence-corrected chi connectivity index (χ4v) is 6.66. The number of aliphatic hydroxyl groups is 1. The maximum Gasteiger partial charge on any atom is 0.274 e. The minimum Gasteiger partial charge on any atom is -0.393 e. The van der Waals surface area contributed by atoms with Crippen molar-refractivity contribution in [3.63, 3.8) is 0 Å². The number of halogens is 2. The number of benzene rings is 1. The van der Waals surface area contributed by atoms with Crippen molar-refractivity contribution in [3.8, 4) is 0 Å². The topological polar surface area (TPSA) is 108 Å². The Bertz CT molecular complexity index is 1100. The lowest BCUT2D eigenvalue weighted by Gasteiger charge is -2.51. The number of amides is 1. The molecular formula is C20H21F2N3O4S. The number of anilines is 1. The predicted molar refractivity (Wildman–Crippen MR) is 106 cm³/mol. The maximum atomic E-state index is 14.7. The number of pyridine rings is 1. The molecule has 1 saturated heterocycles. The second-order valence-electron chi connectivity index (χ2n) is 8.20. The highest BCUT2D eigenvalue weighted by Crippen LogP contribution is 2.45. The predicted octanol–water partition coefficient (Wildman–Crippen LogP) is 1.74. The average molecular weight is 437 g/mol. The summed E-state index contributed by atoms with van der Waals surface area (Å²) in [6.45, 7) is 1.70. The van der Waals surface area contributed by atoms with Crippen LogP contribution in [0.1, 0.15) is 35.8 Å². The number of carbonyl (C=O) groups is 1. The molecule has 1 aliphatic heterocycles. The quantitative estimate of drug-likeness (QED) is 0.675. The van der Waals surface area contributed by atoms with E-state index in [0.29, 0.717) is 0 Å². The van der Waals surface area contributed by atoms with Crippen LogP contribution in [0.15, 0.2) is 36.5 Å². The molecule has 1 atom stereocenters. The van der Waals surface area contributed by atoms with Crippen LogP contribution in [0.25, 0.3) is 0 Å². The van der Waals surface area contributed by atoms with E-state index in [1.54, 1.807) is 6.92 Å². The van der Waals surface area contributed by atoms with Gasteiger partial charge in [-0.05, 0) is 50.1 Å². The van der Waals surface area contributed by atoms with Crippen LogP contribution in [-0.2, 0) is 15.4 Å². The first-order valence-corrected chi connectivity index (χ1v) is 11.1. The first-order chi connectivity index (χ1) is 14.0. The second kappa shape index (κ2) is 7.07. The molecule has 2 fully saturated rings. The van der Waals surface area contributed by atoms with Gasteiger partial charge in [0.15, 0.2) is 9.84 Å². The van der Waals surface area contributed by atoms with Crippen LogP contribution >= 0.6 is 0 Å². The van der Waals surface area contributed by atoms with Gasteiger partial charge in [-0.3, -0.25) is 4.79 Å². The summed E-state index contributed by atoms with van der Waals surface area (Å²) >= 11 is 0. The van der Waals surface area contributed by atoms with E-state index in [1.165, 1.54) is 18.2 Å². The summed E-state index contributed by atoms with van der Waals surface area (Å²) in [6, 6.07) is 6.21. The smallest absolute Gasteiger partial charge is 0.274 e. The molecule has 2 heterocycles. The number of sulfone groups is 1.